The van der Waals surface area contributed by atoms with Gasteiger partial charge in [-0.25, -0.2) is 4.39 Å². The van der Waals surface area contributed by atoms with Gasteiger partial charge < -0.3 is 18.8 Å². The normalized spacial score (nSPS) is 18.7. The summed E-state index contributed by atoms with van der Waals surface area (Å²) >= 11 is 0. The standard InChI is InChI=1S/C20H31BF4O4Si/c1-18(2)19(3,4)29-21(28-18)15-11-16(22)17(10-14(15)12-20(23,24)25)27-13-26-8-9-30(5,6)7/h10-11H,8-9,12-13H2,1-7H3. The highest BCUT2D eigenvalue weighted by atomic mass is 28.3. The maximum absolute atomic E-state index is 14.6. The first-order valence-corrected chi connectivity index (χ1v) is 13.7. The summed E-state index contributed by atoms with van der Waals surface area (Å²) in [6.45, 7) is 13.9. The molecule has 1 saturated heterocycles. The molecule has 1 aliphatic heterocycles. The third kappa shape index (κ3) is 6.70. The average molecular weight is 450 g/mol. The summed E-state index contributed by atoms with van der Waals surface area (Å²) < 4.78 is 76.4. The van der Waals surface area contributed by atoms with E-state index >= 15 is 0 Å². The van der Waals surface area contributed by atoms with Crippen molar-refractivity contribution in [1.82, 2.24) is 0 Å². The molecule has 0 aromatic heterocycles. The molecule has 0 unspecified atom stereocenters. The van der Waals surface area contributed by atoms with Crippen LogP contribution in [0.1, 0.15) is 33.3 Å². The lowest BCUT2D eigenvalue weighted by Crippen LogP contribution is -2.41. The molecule has 0 aliphatic carbocycles. The number of benzene rings is 1. The van der Waals surface area contributed by atoms with E-state index in [2.05, 4.69) is 19.6 Å². The van der Waals surface area contributed by atoms with Crippen molar-refractivity contribution in [2.45, 2.75) is 77.2 Å². The fraction of sp³-hybridized carbons (Fsp3) is 0.700. The molecule has 1 aromatic rings. The van der Waals surface area contributed by atoms with E-state index in [-0.39, 0.29) is 23.6 Å². The van der Waals surface area contributed by atoms with Gasteiger partial charge in [-0.2, -0.15) is 13.2 Å². The molecular weight excluding hydrogens is 419 g/mol. The van der Waals surface area contributed by atoms with E-state index in [1.807, 2.05) is 0 Å². The third-order valence-corrected chi connectivity index (χ3v) is 7.09. The maximum atomic E-state index is 14.6. The predicted octanol–water partition coefficient (Wildman–Crippen LogP) is 4.92. The number of hydrogen-bond acceptors (Lipinski definition) is 4. The van der Waals surface area contributed by atoms with Crippen molar-refractivity contribution < 1.29 is 36.3 Å². The largest absolute Gasteiger partial charge is 0.495 e. The Balaban J connectivity index is 2.22. The van der Waals surface area contributed by atoms with Crippen molar-refractivity contribution in [3.63, 3.8) is 0 Å². The highest BCUT2D eigenvalue weighted by Gasteiger charge is 2.52. The Kier molecular flexibility index (Phi) is 7.38. The van der Waals surface area contributed by atoms with E-state index in [0.717, 1.165) is 18.2 Å². The molecule has 170 valence electrons. The van der Waals surface area contributed by atoms with Gasteiger partial charge in [-0.15, -0.1) is 0 Å². The van der Waals surface area contributed by atoms with Gasteiger partial charge in [0.25, 0.3) is 0 Å². The number of alkyl halides is 3. The predicted molar refractivity (Wildman–Crippen MR) is 111 cm³/mol. The molecule has 1 aromatic carbocycles. The van der Waals surface area contributed by atoms with Crippen LogP contribution in [-0.2, 0) is 20.5 Å². The van der Waals surface area contributed by atoms with Crippen LogP contribution in [0.4, 0.5) is 17.6 Å². The number of rotatable bonds is 8. The van der Waals surface area contributed by atoms with E-state index in [1.54, 1.807) is 27.7 Å². The third-order valence-electron chi connectivity index (χ3n) is 5.39. The van der Waals surface area contributed by atoms with Gasteiger partial charge in [0.1, 0.15) is 0 Å². The van der Waals surface area contributed by atoms with Gasteiger partial charge in [0.15, 0.2) is 18.4 Å². The van der Waals surface area contributed by atoms with Crippen molar-refractivity contribution in [3.05, 3.63) is 23.5 Å². The van der Waals surface area contributed by atoms with Gasteiger partial charge in [-0.05, 0) is 56.9 Å². The van der Waals surface area contributed by atoms with Gasteiger partial charge in [0.2, 0.25) is 0 Å². The second-order valence-electron chi connectivity index (χ2n) is 9.84. The van der Waals surface area contributed by atoms with Crippen LogP contribution >= 0.6 is 0 Å². The minimum absolute atomic E-state index is 0.00970. The minimum Gasteiger partial charge on any atom is -0.464 e. The lowest BCUT2D eigenvalue weighted by atomic mass is 9.75. The molecule has 1 heterocycles. The van der Waals surface area contributed by atoms with Gasteiger partial charge in [0.05, 0.1) is 17.6 Å². The van der Waals surface area contributed by atoms with Crippen molar-refractivity contribution >= 4 is 20.7 Å². The van der Waals surface area contributed by atoms with Crippen LogP contribution in [0.5, 0.6) is 5.75 Å². The molecule has 0 N–H and O–H groups in total. The average Bonchev–Trinajstić information content (AvgIpc) is 2.75. The molecule has 0 spiro atoms. The van der Waals surface area contributed by atoms with Crippen molar-refractivity contribution in [1.29, 1.82) is 0 Å². The zero-order valence-electron chi connectivity index (χ0n) is 18.7. The molecular formula is C20H31BF4O4Si. The van der Waals surface area contributed by atoms with Crippen molar-refractivity contribution in [3.8, 4) is 5.75 Å². The lowest BCUT2D eigenvalue weighted by molar-refractivity contribution is -0.127. The zero-order chi connectivity index (χ0) is 23.0. The van der Waals surface area contributed by atoms with Crippen LogP contribution < -0.4 is 10.2 Å². The zero-order valence-corrected chi connectivity index (χ0v) is 19.7. The lowest BCUT2D eigenvalue weighted by Gasteiger charge is -2.32. The molecule has 2 rings (SSSR count). The number of ether oxygens (including phenoxy) is 2. The first-order chi connectivity index (χ1) is 13.5. The summed E-state index contributed by atoms with van der Waals surface area (Å²) in [5.74, 6) is -1.08. The fourth-order valence-electron chi connectivity index (χ4n) is 2.82. The second kappa shape index (κ2) is 8.80. The van der Waals surface area contributed by atoms with Crippen molar-refractivity contribution in [2.75, 3.05) is 13.4 Å². The molecule has 10 heteroatoms. The topological polar surface area (TPSA) is 36.9 Å². The number of hydrogen-bond donors (Lipinski definition) is 0. The molecule has 0 saturated carbocycles. The van der Waals surface area contributed by atoms with Crippen LogP contribution in [0.3, 0.4) is 0 Å². The van der Waals surface area contributed by atoms with Crippen LogP contribution in [0, 0.1) is 5.82 Å². The quantitative estimate of drug-likeness (QED) is 0.244. The van der Waals surface area contributed by atoms with E-state index in [9.17, 15) is 17.6 Å². The number of halogens is 4. The Labute approximate surface area is 177 Å². The SMILES string of the molecule is CC1(C)OB(c2cc(F)c(OCOCC[Si](C)(C)C)cc2CC(F)(F)F)OC1(C)C. The molecule has 1 fully saturated rings. The molecule has 0 radical (unpaired) electrons. The summed E-state index contributed by atoms with van der Waals surface area (Å²) in [4.78, 5) is 0. The molecule has 4 nitrogen and oxygen atoms in total. The molecule has 0 amide bonds. The summed E-state index contributed by atoms with van der Waals surface area (Å²) in [6.07, 6.45) is -5.74. The second-order valence-corrected chi connectivity index (χ2v) is 15.5. The summed E-state index contributed by atoms with van der Waals surface area (Å²) in [5, 5.41) is 0. The summed E-state index contributed by atoms with van der Waals surface area (Å²) in [5.41, 5.74) is -1.67. The van der Waals surface area contributed by atoms with E-state index in [0.29, 0.717) is 6.61 Å². The monoisotopic (exact) mass is 450 g/mol. The fourth-order valence-corrected chi connectivity index (χ4v) is 3.58. The smallest absolute Gasteiger partial charge is 0.464 e. The Bertz CT molecular complexity index is 732. The first kappa shape index (κ1) is 25.2. The van der Waals surface area contributed by atoms with Crippen LogP contribution in [0.2, 0.25) is 25.7 Å². The molecule has 0 atom stereocenters. The van der Waals surface area contributed by atoms with Crippen LogP contribution in [0.15, 0.2) is 12.1 Å². The van der Waals surface area contributed by atoms with Crippen LogP contribution in [0.25, 0.3) is 0 Å². The van der Waals surface area contributed by atoms with Crippen LogP contribution in [-0.4, -0.2) is 46.0 Å². The van der Waals surface area contributed by atoms with E-state index in [1.165, 1.54) is 0 Å². The van der Waals surface area contributed by atoms with Crippen molar-refractivity contribution in [2.24, 2.45) is 0 Å². The Hall–Kier alpha value is -1.10. The van der Waals surface area contributed by atoms with Gasteiger partial charge in [-0.1, -0.05) is 19.6 Å². The first-order valence-electron chi connectivity index (χ1n) is 9.96. The van der Waals surface area contributed by atoms with E-state index < -0.39 is 44.8 Å². The van der Waals surface area contributed by atoms with Gasteiger partial charge in [-0.3, -0.25) is 0 Å². The highest BCUT2D eigenvalue weighted by molar-refractivity contribution is 6.76. The Morgan fingerprint density at radius 2 is 1.60 bits per heavy atom. The summed E-state index contributed by atoms with van der Waals surface area (Å²) in [6, 6.07) is 2.96. The summed E-state index contributed by atoms with van der Waals surface area (Å²) in [7, 11) is -2.39. The highest BCUT2D eigenvalue weighted by Crippen LogP contribution is 2.37. The Morgan fingerprint density at radius 3 is 2.10 bits per heavy atom. The minimum atomic E-state index is -4.48. The van der Waals surface area contributed by atoms with E-state index in [4.69, 9.17) is 18.8 Å². The molecule has 30 heavy (non-hydrogen) atoms. The molecule has 1 aliphatic rings. The Morgan fingerprint density at radius 1 is 1.03 bits per heavy atom. The maximum Gasteiger partial charge on any atom is 0.495 e. The van der Waals surface area contributed by atoms with Gasteiger partial charge in [0, 0.05) is 14.7 Å². The molecule has 0 bridgehead atoms. The van der Waals surface area contributed by atoms with Gasteiger partial charge >= 0.3 is 13.3 Å².